The lowest BCUT2D eigenvalue weighted by atomic mass is 9.96. The molecule has 3 rings (SSSR count). The predicted octanol–water partition coefficient (Wildman–Crippen LogP) is -4.67. The fourth-order valence-corrected chi connectivity index (χ4v) is 3.55. The van der Waals surface area contributed by atoms with E-state index in [1.54, 1.807) is 18.5 Å². The second-order valence-electron chi connectivity index (χ2n) is 7.71. The van der Waals surface area contributed by atoms with Gasteiger partial charge < -0.3 is 50.0 Å². The highest BCUT2D eigenvalue weighted by Gasteiger charge is 2.50. The van der Waals surface area contributed by atoms with Gasteiger partial charge in [-0.05, 0) is 13.0 Å². The molecule has 9 N–H and O–H groups in total. The highest BCUT2D eigenvalue weighted by Crippen LogP contribution is 2.28. The van der Waals surface area contributed by atoms with E-state index >= 15 is 0 Å². The fourth-order valence-electron chi connectivity index (χ4n) is 3.55. The number of aromatic amines is 1. The molecule has 0 spiro atoms. The first-order valence-corrected chi connectivity index (χ1v) is 10.0. The predicted molar refractivity (Wildman–Crippen MR) is 102 cm³/mol. The second-order valence-corrected chi connectivity index (χ2v) is 7.71. The minimum atomic E-state index is -1.74. The third-order valence-electron chi connectivity index (χ3n) is 5.35. The summed E-state index contributed by atoms with van der Waals surface area (Å²) < 4.78 is 16.2. The Bertz CT molecular complexity index is 726. The molecule has 181 valence electrons. The molecule has 0 aromatic carbocycles. The molecule has 3 heterocycles. The first-order chi connectivity index (χ1) is 15.3. The molecule has 10 atom stereocenters. The first kappa shape index (κ1) is 25.3. The molecule has 13 heteroatoms. The molecule has 1 radical (unpaired) electrons. The van der Waals surface area contributed by atoms with E-state index in [-0.39, 0.29) is 6.61 Å². The van der Waals surface area contributed by atoms with Gasteiger partial charge in [-0.3, -0.25) is 4.84 Å². The van der Waals surface area contributed by atoms with Crippen molar-refractivity contribution in [1.29, 1.82) is 0 Å². The van der Waals surface area contributed by atoms with E-state index < -0.39 is 74.6 Å². The van der Waals surface area contributed by atoms with E-state index in [0.29, 0.717) is 0 Å². The van der Waals surface area contributed by atoms with Crippen LogP contribution in [0.25, 0.3) is 0 Å². The lowest BCUT2D eigenvalue weighted by Crippen LogP contribution is -2.66. The number of hydrogen-bond acceptors (Lipinski definition) is 12. The Balaban J connectivity index is 1.66. The molecule has 1 aromatic heterocycles. The number of hydroxylamine groups is 1. The number of aliphatic hydroxyl groups is 7. The lowest BCUT2D eigenvalue weighted by Gasteiger charge is -2.46. The van der Waals surface area contributed by atoms with Crippen molar-refractivity contribution in [2.24, 2.45) is 0 Å². The molecule has 0 saturated carbocycles. The Morgan fingerprint density at radius 2 is 1.59 bits per heavy atom. The molecule has 4 unspecified atom stereocenters. The first-order valence-electron chi connectivity index (χ1n) is 10.0. The summed E-state index contributed by atoms with van der Waals surface area (Å²) in [6, 6.07) is 1.77. The molecular weight excluding hydrogens is 432 g/mol. The van der Waals surface area contributed by atoms with Gasteiger partial charge in [0.25, 0.3) is 0 Å². The summed E-state index contributed by atoms with van der Waals surface area (Å²) in [7, 11) is 0. The number of aromatic nitrogens is 1. The molecule has 2 aliphatic heterocycles. The van der Waals surface area contributed by atoms with E-state index in [2.05, 4.69) is 17.4 Å². The van der Waals surface area contributed by atoms with E-state index in [0.717, 1.165) is 11.1 Å². The van der Waals surface area contributed by atoms with Gasteiger partial charge in [0.1, 0.15) is 48.8 Å². The van der Waals surface area contributed by atoms with Crippen LogP contribution in [-0.2, 0) is 25.7 Å². The van der Waals surface area contributed by atoms with Gasteiger partial charge in [0, 0.05) is 11.1 Å². The largest absolute Gasteiger partial charge is 0.394 e. The maximum Gasteiger partial charge on any atom is 0.187 e. The summed E-state index contributed by atoms with van der Waals surface area (Å²) in [6.07, 6.45) is -11.5. The van der Waals surface area contributed by atoms with Crippen LogP contribution in [0.3, 0.4) is 0 Å². The van der Waals surface area contributed by atoms with Gasteiger partial charge in [0.2, 0.25) is 0 Å². The van der Waals surface area contributed by atoms with E-state index in [1.807, 2.05) is 0 Å². The number of aliphatic hydroxyl groups excluding tert-OH is 7. The third-order valence-corrected chi connectivity index (χ3v) is 5.35. The van der Waals surface area contributed by atoms with Crippen molar-refractivity contribution < 1.29 is 59.8 Å². The summed E-state index contributed by atoms with van der Waals surface area (Å²) in [5, 5.41) is 69.9. The molecule has 2 fully saturated rings. The van der Waals surface area contributed by atoms with Gasteiger partial charge in [-0.1, -0.05) is 0 Å². The van der Waals surface area contributed by atoms with Crippen LogP contribution >= 0.6 is 0 Å². The van der Waals surface area contributed by atoms with E-state index in [9.17, 15) is 35.7 Å². The Morgan fingerprint density at radius 3 is 2.25 bits per heavy atom. The maximum atomic E-state index is 10.7. The minimum Gasteiger partial charge on any atom is -0.394 e. The standard InChI is InChI=1S/C19H29N2O11/c1-8-2-9(4-20-3-8)7-29-21-18-16(28)17(13(25)11(6-23)30-18)32-19-15(27)14(26)12(24)10(5-22)31-19/h2-4,10-19,21-28H,1,5-7H2/p+1/t10?,11?,12-,13-,14-,15?,16?,17-,18-,19+/m1/s1. The van der Waals surface area contributed by atoms with Crippen molar-refractivity contribution in [3.8, 4) is 0 Å². The minimum absolute atomic E-state index is 0.0665. The number of rotatable bonds is 8. The Hall–Kier alpha value is -1.33. The number of H-pyrrole nitrogens is 1. The number of ether oxygens (including phenoxy) is 3. The lowest BCUT2D eigenvalue weighted by molar-refractivity contribution is -0.379. The van der Waals surface area contributed by atoms with E-state index in [1.165, 1.54) is 0 Å². The van der Waals surface area contributed by atoms with Crippen LogP contribution in [0.4, 0.5) is 0 Å². The zero-order valence-corrected chi connectivity index (χ0v) is 17.1. The summed E-state index contributed by atoms with van der Waals surface area (Å²) in [5.74, 6) is 0. The molecular formula is C19H30N2O11+. The highest BCUT2D eigenvalue weighted by molar-refractivity contribution is 5.16. The van der Waals surface area contributed by atoms with Crippen LogP contribution in [-0.4, -0.2) is 110 Å². The number of pyridine rings is 1. The van der Waals surface area contributed by atoms with Crippen molar-refractivity contribution in [2.75, 3.05) is 13.2 Å². The fraction of sp³-hybridized carbons (Fsp3) is 0.684. The zero-order valence-electron chi connectivity index (χ0n) is 17.1. The van der Waals surface area contributed by atoms with Crippen molar-refractivity contribution in [3.63, 3.8) is 0 Å². The van der Waals surface area contributed by atoms with Crippen molar-refractivity contribution in [2.45, 2.75) is 68.0 Å². The molecule has 0 aliphatic carbocycles. The zero-order chi connectivity index (χ0) is 23.4. The highest BCUT2D eigenvalue weighted by atomic mass is 16.7. The van der Waals surface area contributed by atoms with Gasteiger partial charge in [0.15, 0.2) is 24.9 Å². The van der Waals surface area contributed by atoms with Crippen LogP contribution in [0, 0.1) is 6.92 Å². The quantitative estimate of drug-likeness (QED) is 0.172. The number of nitrogens with one attached hydrogen (secondary N) is 2. The van der Waals surface area contributed by atoms with Crippen LogP contribution in [0.2, 0.25) is 0 Å². The Labute approximate surface area is 183 Å². The maximum absolute atomic E-state index is 10.7. The summed E-state index contributed by atoms with van der Waals surface area (Å²) in [6.45, 7) is 2.55. The smallest absolute Gasteiger partial charge is 0.187 e. The van der Waals surface area contributed by atoms with E-state index in [4.69, 9.17) is 19.0 Å². The van der Waals surface area contributed by atoms with Crippen LogP contribution in [0.1, 0.15) is 11.1 Å². The number of hydrogen-bond donors (Lipinski definition) is 8. The summed E-state index contributed by atoms with van der Waals surface area (Å²) in [5.41, 5.74) is 3.97. The van der Waals surface area contributed by atoms with Gasteiger partial charge in [-0.15, -0.1) is 0 Å². The van der Waals surface area contributed by atoms with Gasteiger partial charge in [-0.2, -0.15) is 5.48 Å². The average molecular weight is 462 g/mol. The Morgan fingerprint density at radius 1 is 0.906 bits per heavy atom. The third kappa shape index (κ3) is 5.59. The molecule has 0 amide bonds. The van der Waals surface area contributed by atoms with Crippen LogP contribution < -0.4 is 10.5 Å². The van der Waals surface area contributed by atoms with Crippen molar-refractivity contribution in [1.82, 2.24) is 5.48 Å². The SMILES string of the molecule is [CH2]c1c[nH+]cc(CON[C@@H]2OC(CO)[C@@H](O)[C@@H](O[C@@H]3OC(CO)[C@@H](O)[C@@H](O)C3O)C2O)c1. The second kappa shape index (κ2) is 11.2. The topological polar surface area (TPSA) is 205 Å². The van der Waals surface area contributed by atoms with Crippen molar-refractivity contribution in [3.05, 3.63) is 36.5 Å². The van der Waals surface area contributed by atoms with Crippen LogP contribution in [0.15, 0.2) is 18.5 Å². The average Bonchev–Trinajstić information content (AvgIpc) is 2.78. The normalized spacial score (nSPS) is 40.4. The molecule has 2 saturated heterocycles. The Kier molecular flexibility index (Phi) is 8.85. The van der Waals surface area contributed by atoms with Crippen molar-refractivity contribution >= 4 is 0 Å². The van der Waals surface area contributed by atoms with Gasteiger partial charge in [-0.25, -0.2) is 4.98 Å². The molecule has 1 aromatic rings. The molecule has 0 bridgehead atoms. The molecule has 13 nitrogen and oxygen atoms in total. The molecule has 2 aliphatic rings. The summed E-state index contributed by atoms with van der Waals surface area (Å²) in [4.78, 5) is 8.24. The summed E-state index contributed by atoms with van der Waals surface area (Å²) >= 11 is 0. The molecule has 32 heavy (non-hydrogen) atoms. The monoisotopic (exact) mass is 462 g/mol. The van der Waals surface area contributed by atoms with Gasteiger partial charge in [0.05, 0.1) is 19.8 Å². The van der Waals surface area contributed by atoms with Gasteiger partial charge >= 0.3 is 0 Å². The van der Waals surface area contributed by atoms with Crippen LogP contribution in [0.5, 0.6) is 0 Å².